The van der Waals surface area contributed by atoms with Crippen LogP contribution in [0.15, 0.2) is 42.5 Å². The van der Waals surface area contributed by atoms with Crippen LogP contribution in [0.2, 0.25) is 0 Å². The number of likely N-dealkylation sites (N-methyl/N-ethyl adjacent to an activating group) is 1. The lowest BCUT2D eigenvalue weighted by Gasteiger charge is -2.39. The highest BCUT2D eigenvalue weighted by Gasteiger charge is 2.28. The summed E-state index contributed by atoms with van der Waals surface area (Å²) in [6.45, 7) is 10.1. The number of carbonyl (C=O) groups is 2. The molecule has 1 saturated heterocycles. The summed E-state index contributed by atoms with van der Waals surface area (Å²) >= 11 is 0. The van der Waals surface area contributed by atoms with E-state index in [9.17, 15) is 9.59 Å². The Hall–Kier alpha value is -3.06. The number of amides is 3. The van der Waals surface area contributed by atoms with E-state index in [0.717, 1.165) is 63.2 Å². The number of aryl methyl sites for hydroxylation is 1. The van der Waals surface area contributed by atoms with Gasteiger partial charge in [0.05, 0.1) is 0 Å². The molecule has 1 heterocycles. The molecule has 7 nitrogen and oxygen atoms in total. The third-order valence-corrected chi connectivity index (χ3v) is 8.04. The fourth-order valence-corrected chi connectivity index (χ4v) is 5.77. The lowest BCUT2D eigenvalue weighted by Crippen LogP contribution is -2.48. The molecule has 0 spiro atoms. The van der Waals surface area contributed by atoms with Gasteiger partial charge >= 0.3 is 6.03 Å². The van der Waals surface area contributed by atoms with E-state index in [4.69, 9.17) is 0 Å². The van der Waals surface area contributed by atoms with Crippen LogP contribution in [-0.4, -0.2) is 74.1 Å². The number of rotatable bonds is 8. The fraction of sp³-hybridized carbons (Fsp3) is 0.548. The number of likely N-dealkylation sites (tertiary alicyclic amines) is 1. The van der Waals surface area contributed by atoms with E-state index in [1.54, 1.807) is 0 Å². The highest BCUT2D eigenvalue weighted by Crippen LogP contribution is 2.29. The largest absolute Gasteiger partial charge is 0.378 e. The molecule has 206 valence electrons. The number of hydrogen-bond donors (Lipinski definition) is 2. The highest BCUT2D eigenvalue weighted by atomic mass is 16.2. The van der Waals surface area contributed by atoms with Crippen LogP contribution in [0, 0.1) is 5.92 Å². The normalized spacial score (nSPS) is 17.9. The number of piperidine rings is 1. The van der Waals surface area contributed by atoms with Gasteiger partial charge in [-0.2, -0.15) is 0 Å². The maximum absolute atomic E-state index is 12.9. The molecule has 2 aromatic rings. The van der Waals surface area contributed by atoms with Crippen molar-refractivity contribution in [3.8, 4) is 0 Å². The van der Waals surface area contributed by atoms with E-state index in [-0.39, 0.29) is 18.0 Å². The second kappa shape index (κ2) is 12.7. The molecule has 2 aliphatic rings. The molecule has 1 aliphatic carbocycles. The van der Waals surface area contributed by atoms with E-state index in [1.165, 1.54) is 17.5 Å². The van der Waals surface area contributed by atoms with Gasteiger partial charge in [0.2, 0.25) is 0 Å². The number of nitrogens with zero attached hydrogens (tertiary/aromatic N) is 3. The summed E-state index contributed by atoms with van der Waals surface area (Å²) in [7, 11) is 3.99. The van der Waals surface area contributed by atoms with Gasteiger partial charge in [-0.05, 0) is 106 Å². The van der Waals surface area contributed by atoms with Crippen molar-refractivity contribution in [3.63, 3.8) is 0 Å². The van der Waals surface area contributed by atoms with Crippen LogP contribution >= 0.6 is 0 Å². The van der Waals surface area contributed by atoms with Crippen LogP contribution < -0.4 is 15.5 Å². The highest BCUT2D eigenvalue weighted by molar-refractivity contribution is 6.04. The average molecular weight is 520 g/mol. The predicted molar refractivity (Wildman–Crippen MR) is 156 cm³/mol. The standard InChI is InChI=1S/C31H45N5O2/c1-6-35(21-23-15-17-36(18-16-23)31(38)32-22(2)3)29-14-8-24-7-11-27(19-26(24)20-29)33-30(37)25-9-12-28(13-10-25)34(4)5/h7,9-13,19,22-23,29H,6,8,14-18,20-21H2,1-5H3,(H,32,38)(H,33,37). The summed E-state index contributed by atoms with van der Waals surface area (Å²) in [4.78, 5) is 31.8. The summed E-state index contributed by atoms with van der Waals surface area (Å²) in [6.07, 6.45) is 5.39. The lowest BCUT2D eigenvalue weighted by atomic mass is 9.86. The average Bonchev–Trinajstić information content (AvgIpc) is 2.91. The van der Waals surface area contributed by atoms with Crippen LogP contribution in [0.5, 0.6) is 0 Å². The number of anilines is 2. The molecule has 1 unspecified atom stereocenters. The Morgan fingerprint density at radius 2 is 1.71 bits per heavy atom. The molecule has 7 heteroatoms. The van der Waals surface area contributed by atoms with Gasteiger partial charge in [0, 0.05) is 62.8 Å². The number of hydrogen-bond acceptors (Lipinski definition) is 4. The number of urea groups is 1. The second-order valence-electron chi connectivity index (χ2n) is 11.4. The Labute approximate surface area is 228 Å². The van der Waals surface area contributed by atoms with Crippen LogP contribution in [0.3, 0.4) is 0 Å². The first kappa shape index (κ1) is 28.0. The summed E-state index contributed by atoms with van der Waals surface area (Å²) in [5, 5.41) is 6.12. The van der Waals surface area contributed by atoms with Crippen molar-refractivity contribution in [3.05, 3.63) is 59.2 Å². The summed E-state index contributed by atoms with van der Waals surface area (Å²) in [6, 6.07) is 14.8. The molecule has 1 atom stereocenters. The van der Waals surface area contributed by atoms with Crippen LogP contribution in [0.4, 0.5) is 16.2 Å². The number of carbonyl (C=O) groups excluding carboxylic acids is 2. The first-order valence-electron chi connectivity index (χ1n) is 14.2. The smallest absolute Gasteiger partial charge is 0.317 e. The molecule has 4 rings (SSSR count). The molecule has 0 aromatic heterocycles. The molecule has 0 radical (unpaired) electrons. The Balaban J connectivity index is 1.33. The van der Waals surface area contributed by atoms with E-state index in [2.05, 4.69) is 34.6 Å². The number of fused-ring (bicyclic) bond motifs is 1. The van der Waals surface area contributed by atoms with Gasteiger partial charge in [0.15, 0.2) is 0 Å². The van der Waals surface area contributed by atoms with Crippen molar-refractivity contribution < 1.29 is 9.59 Å². The van der Waals surface area contributed by atoms with Gasteiger partial charge in [0.25, 0.3) is 5.91 Å². The monoisotopic (exact) mass is 519 g/mol. The third kappa shape index (κ3) is 7.07. The Bertz CT molecular complexity index is 1090. The molecule has 38 heavy (non-hydrogen) atoms. The van der Waals surface area contributed by atoms with Gasteiger partial charge < -0.3 is 25.3 Å². The third-order valence-electron chi connectivity index (χ3n) is 8.04. The van der Waals surface area contributed by atoms with Crippen molar-refractivity contribution in [2.75, 3.05) is 50.5 Å². The first-order valence-corrected chi connectivity index (χ1v) is 14.2. The van der Waals surface area contributed by atoms with Gasteiger partial charge in [-0.3, -0.25) is 4.79 Å². The van der Waals surface area contributed by atoms with Crippen molar-refractivity contribution in [2.24, 2.45) is 5.92 Å². The van der Waals surface area contributed by atoms with E-state index < -0.39 is 0 Å². The van der Waals surface area contributed by atoms with Gasteiger partial charge in [0.1, 0.15) is 0 Å². The number of benzene rings is 2. The predicted octanol–water partition coefficient (Wildman–Crippen LogP) is 5.01. The first-order chi connectivity index (χ1) is 18.2. The van der Waals surface area contributed by atoms with E-state index in [0.29, 0.717) is 17.5 Å². The van der Waals surface area contributed by atoms with Crippen LogP contribution in [0.25, 0.3) is 0 Å². The molecule has 0 bridgehead atoms. The van der Waals surface area contributed by atoms with Gasteiger partial charge in [-0.15, -0.1) is 0 Å². The van der Waals surface area contributed by atoms with Crippen LogP contribution in [-0.2, 0) is 12.8 Å². The summed E-state index contributed by atoms with van der Waals surface area (Å²) in [5.74, 6) is 0.551. The minimum absolute atomic E-state index is 0.0724. The zero-order valence-electron chi connectivity index (χ0n) is 23.8. The minimum atomic E-state index is -0.0776. The van der Waals surface area contributed by atoms with Crippen molar-refractivity contribution in [1.29, 1.82) is 0 Å². The van der Waals surface area contributed by atoms with Crippen LogP contribution in [0.1, 0.15) is 61.5 Å². The maximum atomic E-state index is 12.9. The van der Waals surface area contributed by atoms with E-state index >= 15 is 0 Å². The molecule has 2 aromatic carbocycles. The Kier molecular flexibility index (Phi) is 9.31. The van der Waals surface area contributed by atoms with Gasteiger partial charge in [-0.25, -0.2) is 4.79 Å². The summed E-state index contributed by atoms with van der Waals surface area (Å²) < 4.78 is 0. The second-order valence-corrected chi connectivity index (χ2v) is 11.4. The molecular weight excluding hydrogens is 474 g/mol. The van der Waals surface area contributed by atoms with Gasteiger partial charge in [-0.1, -0.05) is 13.0 Å². The molecule has 1 fully saturated rings. The van der Waals surface area contributed by atoms with Crippen molar-refractivity contribution >= 4 is 23.3 Å². The van der Waals surface area contributed by atoms with E-state index in [1.807, 2.05) is 68.1 Å². The fourth-order valence-electron chi connectivity index (χ4n) is 5.77. The molecule has 0 saturated carbocycles. The zero-order chi connectivity index (χ0) is 27.2. The minimum Gasteiger partial charge on any atom is -0.378 e. The molecule has 3 amide bonds. The zero-order valence-corrected chi connectivity index (χ0v) is 23.8. The Morgan fingerprint density at radius 1 is 1.00 bits per heavy atom. The lowest BCUT2D eigenvalue weighted by molar-refractivity contribution is 0.102. The topological polar surface area (TPSA) is 67.9 Å². The molecule has 1 aliphatic heterocycles. The van der Waals surface area contributed by atoms with Crippen molar-refractivity contribution in [2.45, 2.75) is 65.0 Å². The quantitative estimate of drug-likeness (QED) is 0.514. The molecule has 2 N–H and O–H groups in total. The summed E-state index contributed by atoms with van der Waals surface area (Å²) in [5.41, 5.74) is 5.34. The SMILES string of the molecule is CCN(CC1CCN(C(=O)NC(C)C)CC1)C1CCc2ccc(NC(=O)c3ccc(N(C)C)cc3)cc2C1. The Morgan fingerprint density at radius 3 is 2.34 bits per heavy atom. The number of nitrogens with one attached hydrogen (secondary N) is 2. The molecular formula is C31H45N5O2. The maximum Gasteiger partial charge on any atom is 0.317 e. The van der Waals surface area contributed by atoms with Crippen molar-refractivity contribution in [1.82, 2.24) is 15.1 Å².